The van der Waals surface area contributed by atoms with Crippen molar-refractivity contribution in [2.24, 2.45) is 0 Å². The highest BCUT2D eigenvalue weighted by Crippen LogP contribution is 0.966. The molecule has 0 amide bonds. The van der Waals surface area contributed by atoms with Gasteiger partial charge in [-0.1, -0.05) is 5.59 Å². The Labute approximate surface area is 40.3 Å². The van der Waals surface area contributed by atoms with Crippen LogP contribution in [0.5, 0.6) is 0 Å². The summed E-state index contributed by atoms with van der Waals surface area (Å²) in [5.74, 6) is 0. The summed E-state index contributed by atoms with van der Waals surface area (Å²) in [5, 5.41) is 6.89. The molecule has 0 aliphatic rings. The van der Waals surface area contributed by atoms with Gasteiger partial charge in [-0.15, -0.1) is 12.4 Å². The van der Waals surface area contributed by atoms with Crippen molar-refractivity contribution in [2.75, 3.05) is 0 Å². The highest BCUT2D eigenvalue weighted by Gasteiger charge is 1.22. The van der Waals surface area contributed by atoms with E-state index in [4.69, 9.17) is 14.8 Å². The standard InChI is InChI=1S/CH2O2.ClH.HNO/c2-1-3;;1-2/h1H,(H,2,3);1H;1H. The summed E-state index contributed by atoms with van der Waals surface area (Å²) in [6, 6.07) is 0. The molecule has 0 aromatic rings. The second-order valence-corrected chi connectivity index (χ2v) is 0.105. The summed E-state index contributed by atoms with van der Waals surface area (Å²) in [5.41, 5.74) is 4.50. The first kappa shape index (κ1) is 18.3. The molecule has 0 aromatic carbocycles. The summed E-state index contributed by atoms with van der Waals surface area (Å²) < 4.78 is 0. The predicted octanol–water partition coefficient (Wildman–Crippen LogP) is 0.454. The van der Waals surface area contributed by atoms with Gasteiger partial charge in [0.15, 0.2) is 0 Å². The smallest absolute Gasteiger partial charge is 0.290 e. The number of hydrogen-bond acceptors (Lipinski definition) is 3. The summed E-state index contributed by atoms with van der Waals surface area (Å²) in [6.07, 6.45) is 0. The molecule has 0 radical (unpaired) electrons. The van der Waals surface area contributed by atoms with E-state index in [1.807, 2.05) is 0 Å². The van der Waals surface area contributed by atoms with E-state index in [1.54, 1.807) is 0 Å². The molecule has 0 aromatic heterocycles. The van der Waals surface area contributed by atoms with E-state index in [2.05, 4.69) is 5.59 Å². The average molecular weight is 113 g/mol. The summed E-state index contributed by atoms with van der Waals surface area (Å²) in [7, 11) is 0. The first-order valence-corrected chi connectivity index (χ1v) is 0.698. The van der Waals surface area contributed by atoms with Crippen molar-refractivity contribution in [3.63, 3.8) is 0 Å². The Morgan fingerprint density at radius 1 is 1.50 bits per heavy atom. The maximum Gasteiger partial charge on any atom is 0.290 e. The lowest BCUT2D eigenvalue weighted by molar-refractivity contribution is -0.122. The van der Waals surface area contributed by atoms with Crippen molar-refractivity contribution in [3.8, 4) is 0 Å². The van der Waals surface area contributed by atoms with Crippen LogP contribution in [0.3, 0.4) is 0 Å². The van der Waals surface area contributed by atoms with E-state index >= 15 is 0 Å². The van der Waals surface area contributed by atoms with Crippen LogP contribution in [0.1, 0.15) is 0 Å². The topological polar surface area (TPSA) is 78.2 Å². The SMILES string of the molecule is Cl.N=O.O=CO. The molecule has 38 valence electrons. The van der Waals surface area contributed by atoms with E-state index in [1.165, 1.54) is 0 Å². The minimum atomic E-state index is -0.250. The molecule has 0 unspecified atom stereocenters. The van der Waals surface area contributed by atoms with Gasteiger partial charge in [0.05, 0.1) is 0 Å². The van der Waals surface area contributed by atoms with Crippen molar-refractivity contribution in [2.45, 2.75) is 0 Å². The lowest BCUT2D eigenvalue weighted by Gasteiger charge is -1.34. The lowest BCUT2D eigenvalue weighted by atomic mass is 11.7. The minimum Gasteiger partial charge on any atom is -0.483 e. The molecule has 0 saturated heterocycles. The zero-order valence-corrected chi connectivity index (χ0v) is 3.57. The Balaban J connectivity index is -0.0000000275. The van der Waals surface area contributed by atoms with Gasteiger partial charge in [0.2, 0.25) is 0 Å². The van der Waals surface area contributed by atoms with E-state index in [0.717, 1.165) is 0 Å². The predicted molar refractivity (Wildman–Crippen MR) is 22.0 cm³/mol. The fourth-order valence-electron chi connectivity index (χ4n) is 0. The number of hydrogen-bond donors (Lipinski definition) is 2. The van der Waals surface area contributed by atoms with E-state index in [9.17, 15) is 0 Å². The van der Waals surface area contributed by atoms with Gasteiger partial charge in [-0.3, -0.25) is 4.79 Å². The third-order valence-electron chi connectivity index (χ3n) is 0. The van der Waals surface area contributed by atoms with Crippen molar-refractivity contribution in [1.29, 1.82) is 5.59 Å². The van der Waals surface area contributed by atoms with Crippen LogP contribution in [0.4, 0.5) is 0 Å². The number of carboxylic acid groups (broad SMARTS) is 1. The molecule has 0 aliphatic heterocycles. The zero-order chi connectivity index (χ0) is 4.71. The van der Waals surface area contributed by atoms with Crippen LogP contribution in [-0.2, 0) is 4.79 Å². The van der Waals surface area contributed by atoms with Crippen LogP contribution >= 0.6 is 12.4 Å². The molecular weight excluding hydrogens is 109 g/mol. The highest BCUT2D eigenvalue weighted by molar-refractivity contribution is 5.85. The zero-order valence-electron chi connectivity index (χ0n) is 2.75. The molecule has 0 heterocycles. The van der Waals surface area contributed by atoms with Crippen molar-refractivity contribution >= 4 is 18.9 Å². The molecule has 0 rings (SSSR count). The molecule has 2 N–H and O–H groups in total. The number of nitroso groups, excluding NO2 is 1. The molecule has 5 heteroatoms. The summed E-state index contributed by atoms with van der Waals surface area (Å²) in [6.45, 7) is -0.250. The van der Waals surface area contributed by atoms with Crippen LogP contribution in [0.25, 0.3) is 0 Å². The van der Waals surface area contributed by atoms with Crippen LogP contribution < -0.4 is 0 Å². The largest absolute Gasteiger partial charge is 0.483 e. The maximum absolute atomic E-state index is 8.36. The van der Waals surface area contributed by atoms with Gasteiger partial charge < -0.3 is 5.11 Å². The monoisotopic (exact) mass is 113 g/mol. The van der Waals surface area contributed by atoms with Crippen molar-refractivity contribution in [1.82, 2.24) is 0 Å². The first-order valence-electron chi connectivity index (χ1n) is 0.698. The molecule has 0 atom stereocenters. The van der Waals surface area contributed by atoms with Gasteiger partial charge in [0.25, 0.3) is 6.47 Å². The molecule has 4 nitrogen and oxygen atoms in total. The maximum atomic E-state index is 8.36. The summed E-state index contributed by atoms with van der Waals surface area (Å²) in [4.78, 5) is 15.9. The number of halogens is 1. The fraction of sp³-hybridized carbons (Fsp3) is 0. The van der Waals surface area contributed by atoms with Gasteiger partial charge in [-0.2, -0.15) is 4.91 Å². The van der Waals surface area contributed by atoms with Crippen LogP contribution in [0.2, 0.25) is 0 Å². The van der Waals surface area contributed by atoms with Gasteiger partial charge in [-0.25, -0.2) is 0 Å². The summed E-state index contributed by atoms with van der Waals surface area (Å²) >= 11 is 0. The van der Waals surface area contributed by atoms with Gasteiger partial charge in [-0.05, 0) is 0 Å². The van der Waals surface area contributed by atoms with E-state index in [0.29, 0.717) is 0 Å². The van der Waals surface area contributed by atoms with E-state index in [-0.39, 0.29) is 18.9 Å². The van der Waals surface area contributed by atoms with E-state index < -0.39 is 0 Å². The molecule has 0 bridgehead atoms. The molecule has 0 saturated carbocycles. The highest BCUT2D eigenvalue weighted by atomic mass is 35.5. The third-order valence-corrected chi connectivity index (χ3v) is 0. The first-order chi connectivity index (χ1) is 2.41. The lowest BCUT2D eigenvalue weighted by Crippen LogP contribution is -1.49. The van der Waals surface area contributed by atoms with Crippen molar-refractivity contribution in [3.05, 3.63) is 4.91 Å². The molecule has 6 heavy (non-hydrogen) atoms. The fourth-order valence-corrected chi connectivity index (χ4v) is 0. The number of carbonyl (C=O) groups is 1. The second kappa shape index (κ2) is 380. The number of rotatable bonds is 0. The normalized spacial score (nSPS) is 2.67. The molecule has 0 spiro atoms. The molecule has 0 aliphatic carbocycles. The van der Waals surface area contributed by atoms with Crippen LogP contribution in [-0.4, -0.2) is 11.6 Å². The number of nitrogens with one attached hydrogen (secondary N) is 1. The Bertz CT molecular complexity index is 24.8. The van der Waals surface area contributed by atoms with Gasteiger partial charge in [0, 0.05) is 0 Å². The average Bonchev–Trinajstić information content (AvgIpc) is 1.46. The van der Waals surface area contributed by atoms with Crippen LogP contribution in [0, 0.1) is 10.5 Å². The second-order valence-electron chi connectivity index (χ2n) is 0.105. The Hall–Kier alpha value is -0.640. The Morgan fingerprint density at radius 2 is 1.50 bits per heavy atom. The van der Waals surface area contributed by atoms with Crippen LogP contribution in [0.15, 0.2) is 0 Å². The molecular formula is CH4ClNO3. The minimum absolute atomic E-state index is 0. The quantitative estimate of drug-likeness (QED) is 0.354. The van der Waals surface area contributed by atoms with Gasteiger partial charge in [0.1, 0.15) is 0 Å². The Kier molecular flexibility index (Phi) is 1160. The Morgan fingerprint density at radius 3 is 1.50 bits per heavy atom. The van der Waals surface area contributed by atoms with Crippen molar-refractivity contribution < 1.29 is 9.90 Å². The molecule has 0 fully saturated rings. The van der Waals surface area contributed by atoms with Gasteiger partial charge >= 0.3 is 0 Å². The third kappa shape index (κ3) is 45.7.